The van der Waals surface area contributed by atoms with Gasteiger partial charge < -0.3 is 14.6 Å². The van der Waals surface area contributed by atoms with Gasteiger partial charge in [0.15, 0.2) is 0 Å². The van der Waals surface area contributed by atoms with E-state index >= 15 is 0 Å². The number of aliphatic carboxylic acids is 1. The lowest BCUT2D eigenvalue weighted by molar-refractivity contribution is -0.181. The van der Waals surface area contributed by atoms with Crippen molar-refractivity contribution in [3.63, 3.8) is 0 Å². The second kappa shape index (κ2) is 10.4. The zero-order valence-electron chi connectivity index (χ0n) is 12.6. The van der Waals surface area contributed by atoms with Crippen LogP contribution in [0.1, 0.15) is 34.1 Å². The number of carbonyl (C=O) groups is 4. The van der Waals surface area contributed by atoms with Crippen molar-refractivity contribution in [2.45, 2.75) is 40.4 Å². The summed E-state index contributed by atoms with van der Waals surface area (Å²) in [6.45, 7) is 12.1. The lowest BCUT2D eigenvalue weighted by Crippen LogP contribution is -2.22. The van der Waals surface area contributed by atoms with Crippen LogP contribution in [0.2, 0.25) is 0 Å². The number of ether oxygens (including phenoxy) is 2. The molecule has 0 spiro atoms. The van der Waals surface area contributed by atoms with Crippen LogP contribution in [0.15, 0.2) is 24.3 Å². The maximum Gasteiger partial charge on any atom is 0.336 e. The number of Topliss-reactive ketones (excluding diaryl/α,β-unsaturated/α-hetero) is 1. The summed E-state index contributed by atoms with van der Waals surface area (Å²) in [6.07, 6.45) is -1.34. The molecule has 0 aliphatic heterocycles. The average molecular weight is 300 g/mol. The molecule has 0 radical (unpaired) electrons. The van der Waals surface area contributed by atoms with E-state index < -0.39 is 24.2 Å². The van der Waals surface area contributed by atoms with E-state index in [-0.39, 0.29) is 23.4 Å². The van der Waals surface area contributed by atoms with E-state index in [0.717, 1.165) is 0 Å². The Bertz CT molecular complexity index is 436. The van der Waals surface area contributed by atoms with Crippen LogP contribution in [0.25, 0.3) is 0 Å². The summed E-state index contributed by atoms with van der Waals surface area (Å²) in [4.78, 5) is 42.1. The van der Waals surface area contributed by atoms with Gasteiger partial charge in [-0.2, -0.15) is 0 Å². The van der Waals surface area contributed by atoms with E-state index in [4.69, 9.17) is 5.11 Å². The van der Waals surface area contributed by atoms with Crippen LogP contribution in [-0.4, -0.2) is 35.1 Å². The molecule has 1 unspecified atom stereocenters. The van der Waals surface area contributed by atoms with Gasteiger partial charge in [-0.25, -0.2) is 9.59 Å². The fourth-order valence-corrected chi connectivity index (χ4v) is 0.705. The Morgan fingerprint density at radius 2 is 1.43 bits per heavy atom. The second-order valence-electron chi connectivity index (χ2n) is 4.21. The molecule has 0 saturated heterocycles. The van der Waals surface area contributed by atoms with Crippen molar-refractivity contribution in [3.8, 4) is 0 Å². The average Bonchev–Trinajstić information content (AvgIpc) is 2.27. The first-order valence-corrected chi connectivity index (χ1v) is 5.91. The molecule has 118 valence electrons. The lowest BCUT2D eigenvalue weighted by Gasteiger charge is -2.13. The molecule has 0 aliphatic rings. The molecule has 7 heteroatoms. The molecule has 0 heterocycles. The number of carboxylic acids is 1. The van der Waals surface area contributed by atoms with Gasteiger partial charge in [0.25, 0.3) is 0 Å². The molecular formula is C14H20O7. The van der Waals surface area contributed by atoms with Gasteiger partial charge in [-0.1, -0.05) is 13.2 Å². The van der Waals surface area contributed by atoms with Crippen molar-refractivity contribution in [1.29, 1.82) is 0 Å². The summed E-state index contributed by atoms with van der Waals surface area (Å²) in [5.41, 5.74) is 0.388. The highest BCUT2D eigenvalue weighted by molar-refractivity contribution is 5.94. The third-order valence-electron chi connectivity index (χ3n) is 1.68. The Morgan fingerprint density at radius 3 is 1.71 bits per heavy atom. The SMILES string of the molecule is C=C(C)C(=O)O.C=C(C)C(=O)OC(C)OC(=O)CC(C)=O. The lowest BCUT2D eigenvalue weighted by atomic mass is 10.3. The highest BCUT2D eigenvalue weighted by Gasteiger charge is 2.15. The fourth-order valence-electron chi connectivity index (χ4n) is 0.705. The van der Waals surface area contributed by atoms with Gasteiger partial charge in [-0.15, -0.1) is 0 Å². The van der Waals surface area contributed by atoms with Crippen molar-refractivity contribution in [2.75, 3.05) is 0 Å². The molecule has 0 rings (SSSR count). The van der Waals surface area contributed by atoms with Crippen molar-refractivity contribution in [1.82, 2.24) is 0 Å². The third kappa shape index (κ3) is 13.8. The zero-order chi connectivity index (χ0) is 17.2. The molecule has 21 heavy (non-hydrogen) atoms. The smallest absolute Gasteiger partial charge is 0.336 e. The van der Waals surface area contributed by atoms with E-state index in [0.29, 0.717) is 0 Å². The number of carboxylic acid groups (broad SMARTS) is 1. The zero-order valence-corrected chi connectivity index (χ0v) is 12.6. The molecule has 0 fully saturated rings. The fraction of sp³-hybridized carbons (Fsp3) is 0.429. The predicted octanol–water partition coefficient (Wildman–Crippen LogP) is 1.62. The summed E-state index contributed by atoms with van der Waals surface area (Å²) in [5, 5.41) is 7.89. The Hall–Kier alpha value is -2.44. The number of esters is 2. The van der Waals surface area contributed by atoms with E-state index in [1.54, 1.807) is 0 Å². The van der Waals surface area contributed by atoms with Crippen molar-refractivity contribution in [3.05, 3.63) is 24.3 Å². The number of ketones is 1. The van der Waals surface area contributed by atoms with E-state index in [1.807, 2.05) is 0 Å². The van der Waals surface area contributed by atoms with Gasteiger partial charge in [0, 0.05) is 18.1 Å². The molecule has 1 atom stereocenters. The van der Waals surface area contributed by atoms with Gasteiger partial charge in [-0.3, -0.25) is 9.59 Å². The first-order chi connectivity index (χ1) is 9.47. The molecule has 0 amide bonds. The van der Waals surface area contributed by atoms with E-state index in [1.165, 1.54) is 27.7 Å². The summed E-state index contributed by atoms with van der Waals surface area (Å²) in [7, 11) is 0. The van der Waals surface area contributed by atoms with Crippen LogP contribution in [0, 0.1) is 0 Å². The molecule has 0 aliphatic carbocycles. The van der Waals surface area contributed by atoms with E-state index in [2.05, 4.69) is 22.6 Å². The Labute approximate surface area is 123 Å². The second-order valence-corrected chi connectivity index (χ2v) is 4.21. The normalized spacial score (nSPS) is 10.3. The number of hydrogen-bond acceptors (Lipinski definition) is 6. The van der Waals surface area contributed by atoms with Crippen LogP contribution >= 0.6 is 0 Å². The highest BCUT2D eigenvalue weighted by Crippen LogP contribution is 2.01. The molecule has 0 bridgehead atoms. The Morgan fingerprint density at radius 1 is 1.00 bits per heavy atom. The highest BCUT2D eigenvalue weighted by atomic mass is 16.7. The first kappa shape index (κ1) is 20.9. The Kier molecular flexibility index (Phi) is 10.3. The molecule has 0 aromatic heterocycles. The summed E-state index contributed by atoms with van der Waals surface area (Å²) >= 11 is 0. The van der Waals surface area contributed by atoms with Crippen molar-refractivity contribution >= 4 is 23.7 Å². The maximum absolute atomic E-state index is 11.0. The van der Waals surface area contributed by atoms with Crippen LogP contribution < -0.4 is 0 Å². The standard InChI is InChI=1S/C10H14O5.C4H6O2/c1-6(2)10(13)15-8(4)14-9(12)5-7(3)11;1-3(2)4(5)6/h8H,1,5H2,2-4H3;1H2,2H3,(H,5,6). The summed E-state index contributed by atoms with van der Waals surface area (Å²) in [5.74, 6) is -2.60. The van der Waals surface area contributed by atoms with Crippen molar-refractivity contribution in [2.24, 2.45) is 0 Å². The minimum absolute atomic E-state index is 0.176. The maximum atomic E-state index is 11.0. The van der Waals surface area contributed by atoms with E-state index in [9.17, 15) is 19.2 Å². The molecule has 0 aromatic carbocycles. The van der Waals surface area contributed by atoms with Crippen LogP contribution in [0.3, 0.4) is 0 Å². The minimum Gasteiger partial charge on any atom is -0.478 e. The Balaban J connectivity index is 0. The van der Waals surface area contributed by atoms with Crippen LogP contribution in [0.4, 0.5) is 0 Å². The first-order valence-electron chi connectivity index (χ1n) is 5.91. The number of carbonyl (C=O) groups excluding carboxylic acids is 3. The number of rotatable bonds is 6. The van der Waals surface area contributed by atoms with Crippen LogP contribution in [-0.2, 0) is 28.7 Å². The summed E-state index contributed by atoms with van der Waals surface area (Å²) in [6, 6.07) is 0. The predicted molar refractivity (Wildman–Crippen MR) is 74.2 cm³/mol. The largest absolute Gasteiger partial charge is 0.478 e. The van der Waals surface area contributed by atoms with Gasteiger partial charge in [0.1, 0.15) is 12.2 Å². The van der Waals surface area contributed by atoms with Gasteiger partial charge in [0.05, 0.1) is 0 Å². The number of hydrogen-bond donors (Lipinski definition) is 1. The quantitative estimate of drug-likeness (QED) is 0.344. The van der Waals surface area contributed by atoms with Gasteiger partial charge >= 0.3 is 17.9 Å². The summed E-state index contributed by atoms with van der Waals surface area (Å²) < 4.78 is 9.31. The molecular weight excluding hydrogens is 280 g/mol. The monoisotopic (exact) mass is 300 g/mol. The van der Waals surface area contributed by atoms with Gasteiger partial charge in [-0.05, 0) is 20.8 Å². The molecule has 0 aromatic rings. The van der Waals surface area contributed by atoms with Crippen molar-refractivity contribution < 1.29 is 33.8 Å². The molecule has 1 N–H and O–H groups in total. The molecule has 7 nitrogen and oxygen atoms in total. The molecule has 0 saturated carbocycles. The van der Waals surface area contributed by atoms with Gasteiger partial charge in [0.2, 0.25) is 6.29 Å². The minimum atomic E-state index is -1.01. The van der Waals surface area contributed by atoms with Crippen LogP contribution in [0.5, 0.6) is 0 Å². The topological polar surface area (TPSA) is 107 Å². The third-order valence-corrected chi connectivity index (χ3v) is 1.68.